The van der Waals surface area contributed by atoms with E-state index in [0.29, 0.717) is 22.8 Å². The van der Waals surface area contributed by atoms with Crippen molar-refractivity contribution >= 4 is 0 Å². The third-order valence-electron chi connectivity index (χ3n) is 5.14. The summed E-state index contributed by atoms with van der Waals surface area (Å²) in [6, 6.07) is 10.4. The Kier molecular flexibility index (Phi) is 5.45. The van der Waals surface area contributed by atoms with Gasteiger partial charge in [-0.1, -0.05) is 30.6 Å². The molecular formula is C22H23N5O. The fourth-order valence-electron chi connectivity index (χ4n) is 3.52. The molecular weight excluding hydrogens is 350 g/mol. The Bertz CT molecular complexity index is 1020. The van der Waals surface area contributed by atoms with Crippen LogP contribution in [0.2, 0.25) is 0 Å². The van der Waals surface area contributed by atoms with Crippen molar-refractivity contribution < 1.29 is 4.52 Å². The largest absolute Gasteiger partial charge is 0.334 e. The molecule has 0 fully saturated rings. The van der Waals surface area contributed by atoms with Gasteiger partial charge < -0.3 is 9.84 Å². The highest BCUT2D eigenvalue weighted by atomic mass is 16.5. The second-order valence-corrected chi connectivity index (χ2v) is 7.09. The van der Waals surface area contributed by atoms with Gasteiger partial charge in [0.15, 0.2) is 0 Å². The maximum absolute atomic E-state index is 9.45. The highest BCUT2D eigenvalue weighted by Crippen LogP contribution is 2.26. The zero-order valence-electron chi connectivity index (χ0n) is 16.0. The maximum atomic E-state index is 9.45. The molecule has 1 N–H and O–H groups in total. The summed E-state index contributed by atoms with van der Waals surface area (Å²) in [7, 11) is 0. The molecule has 28 heavy (non-hydrogen) atoms. The van der Waals surface area contributed by atoms with E-state index >= 15 is 0 Å². The Hall–Kier alpha value is -3.04. The van der Waals surface area contributed by atoms with Crippen LogP contribution in [0.15, 0.2) is 35.0 Å². The molecule has 0 bridgehead atoms. The predicted molar refractivity (Wildman–Crippen MR) is 107 cm³/mol. The average molecular weight is 373 g/mol. The molecule has 0 unspecified atom stereocenters. The van der Waals surface area contributed by atoms with Gasteiger partial charge in [-0.05, 0) is 62.0 Å². The SMILES string of the molecule is CCCCc1ncc(-c2nc(-c3ccc4c(c3)CCNCC4)no2)cc1C#N. The van der Waals surface area contributed by atoms with Crippen LogP contribution in [0.5, 0.6) is 0 Å². The molecule has 0 saturated carbocycles. The predicted octanol–water partition coefficient (Wildman–Crippen LogP) is 3.70. The molecule has 0 radical (unpaired) electrons. The van der Waals surface area contributed by atoms with Crippen molar-refractivity contribution in [3.05, 3.63) is 52.8 Å². The normalized spacial score (nSPS) is 13.6. The number of aryl methyl sites for hydroxylation is 1. The molecule has 3 heterocycles. The monoisotopic (exact) mass is 373 g/mol. The molecule has 4 rings (SSSR count). The summed E-state index contributed by atoms with van der Waals surface area (Å²) in [5, 5.41) is 17.0. The molecule has 0 atom stereocenters. The molecule has 142 valence electrons. The minimum Gasteiger partial charge on any atom is -0.334 e. The van der Waals surface area contributed by atoms with Crippen LogP contribution in [-0.2, 0) is 19.3 Å². The Labute approximate surface area is 164 Å². The van der Waals surface area contributed by atoms with E-state index in [0.717, 1.165) is 56.5 Å². The van der Waals surface area contributed by atoms with Crippen LogP contribution in [0.25, 0.3) is 22.8 Å². The van der Waals surface area contributed by atoms with Crippen molar-refractivity contribution in [1.82, 2.24) is 20.4 Å². The second kappa shape index (κ2) is 8.32. The quantitative estimate of drug-likeness (QED) is 0.734. The molecule has 0 amide bonds. The minimum absolute atomic E-state index is 0.387. The van der Waals surface area contributed by atoms with E-state index in [1.165, 1.54) is 11.1 Å². The second-order valence-electron chi connectivity index (χ2n) is 7.09. The fourth-order valence-corrected chi connectivity index (χ4v) is 3.52. The van der Waals surface area contributed by atoms with Gasteiger partial charge in [0.05, 0.1) is 16.8 Å². The van der Waals surface area contributed by atoms with Crippen molar-refractivity contribution in [3.63, 3.8) is 0 Å². The van der Waals surface area contributed by atoms with Crippen LogP contribution < -0.4 is 5.32 Å². The average Bonchev–Trinajstić information content (AvgIpc) is 3.11. The number of nitrogens with one attached hydrogen (secondary N) is 1. The Balaban J connectivity index is 1.61. The summed E-state index contributed by atoms with van der Waals surface area (Å²) >= 11 is 0. The first kappa shape index (κ1) is 18.3. The van der Waals surface area contributed by atoms with Gasteiger partial charge in [-0.3, -0.25) is 4.98 Å². The van der Waals surface area contributed by atoms with Crippen molar-refractivity contribution in [2.45, 2.75) is 39.0 Å². The lowest BCUT2D eigenvalue weighted by atomic mass is 10.00. The number of hydrogen-bond donors (Lipinski definition) is 1. The molecule has 0 spiro atoms. The number of unbranched alkanes of at least 4 members (excludes halogenated alkanes) is 1. The van der Waals surface area contributed by atoms with Gasteiger partial charge in [0, 0.05) is 11.8 Å². The number of rotatable bonds is 5. The van der Waals surface area contributed by atoms with Crippen LogP contribution in [-0.4, -0.2) is 28.2 Å². The van der Waals surface area contributed by atoms with E-state index in [2.05, 4.69) is 45.6 Å². The Morgan fingerprint density at radius 3 is 2.82 bits per heavy atom. The van der Waals surface area contributed by atoms with E-state index in [1.807, 2.05) is 6.07 Å². The summed E-state index contributed by atoms with van der Waals surface area (Å²) in [6.07, 6.45) is 6.64. The number of aromatic nitrogens is 3. The van der Waals surface area contributed by atoms with Gasteiger partial charge in [0.25, 0.3) is 5.89 Å². The Morgan fingerprint density at radius 2 is 2.00 bits per heavy atom. The number of hydrogen-bond acceptors (Lipinski definition) is 6. The topological polar surface area (TPSA) is 87.6 Å². The number of nitriles is 1. The molecule has 0 saturated heterocycles. The van der Waals surface area contributed by atoms with E-state index in [-0.39, 0.29) is 0 Å². The third-order valence-corrected chi connectivity index (χ3v) is 5.14. The smallest absolute Gasteiger partial charge is 0.259 e. The molecule has 6 heteroatoms. The van der Waals surface area contributed by atoms with Gasteiger partial charge >= 0.3 is 0 Å². The standard InChI is InChI=1S/C22H23N5O/c1-2-3-4-20-18(13-23)12-19(14-25-20)22-26-21(27-28-22)17-6-5-15-7-9-24-10-8-16(15)11-17/h5-6,11-12,14,24H,2-4,7-10H2,1H3. The lowest BCUT2D eigenvalue weighted by Crippen LogP contribution is -2.16. The van der Waals surface area contributed by atoms with Crippen LogP contribution >= 0.6 is 0 Å². The van der Waals surface area contributed by atoms with Crippen molar-refractivity contribution in [2.24, 2.45) is 0 Å². The van der Waals surface area contributed by atoms with Gasteiger partial charge in [-0.15, -0.1) is 0 Å². The molecule has 6 nitrogen and oxygen atoms in total. The number of fused-ring (bicyclic) bond motifs is 1. The number of pyridine rings is 1. The molecule has 1 aliphatic rings. The molecule has 3 aromatic rings. The summed E-state index contributed by atoms with van der Waals surface area (Å²) in [5.41, 5.74) is 5.74. The number of benzene rings is 1. The van der Waals surface area contributed by atoms with Crippen molar-refractivity contribution in [2.75, 3.05) is 13.1 Å². The fraction of sp³-hybridized carbons (Fsp3) is 0.364. The van der Waals surface area contributed by atoms with Crippen molar-refractivity contribution in [3.8, 4) is 28.9 Å². The zero-order valence-corrected chi connectivity index (χ0v) is 16.0. The van der Waals surface area contributed by atoms with Crippen molar-refractivity contribution in [1.29, 1.82) is 5.26 Å². The highest BCUT2D eigenvalue weighted by molar-refractivity contribution is 5.62. The maximum Gasteiger partial charge on any atom is 0.259 e. The van der Waals surface area contributed by atoms with E-state index in [1.54, 1.807) is 12.3 Å². The summed E-state index contributed by atoms with van der Waals surface area (Å²) in [5.74, 6) is 0.946. The van der Waals surface area contributed by atoms with E-state index in [9.17, 15) is 5.26 Å². The summed E-state index contributed by atoms with van der Waals surface area (Å²) in [6.45, 7) is 4.13. The van der Waals surface area contributed by atoms with E-state index in [4.69, 9.17) is 4.52 Å². The summed E-state index contributed by atoms with van der Waals surface area (Å²) < 4.78 is 5.47. The molecule has 2 aromatic heterocycles. The molecule has 1 aromatic carbocycles. The third kappa shape index (κ3) is 3.80. The zero-order chi connectivity index (χ0) is 19.3. The minimum atomic E-state index is 0.387. The highest BCUT2D eigenvalue weighted by Gasteiger charge is 2.15. The van der Waals surface area contributed by atoms with Crippen LogP contribution in [0.1, 0.15) is 42.1 Å². The van der Waals surface area contributed by atoms with Gasteiger partial charge in [0.1, 0.15) is 6.07 Å². The van der Waals surface area contributed by atoms with Gasteiger partial charge in [0.2, 0.25) is 5.82 Å². The molecule has 1 aliphatic heterocycles. The molecule has 0 aliphatic carbocycles. The van der Waals surface area contributed by atoms with Gasteiger partial charge in [-0.2, -0.15) is 10.2 Å². The van der Waals surface area contributed by atoms with Crippen LogP contribution in [0.4, 0.5) is 0 Å². The lowest BCUT2D eigenvalue weighted by Gasteiger charge is -2.06. The first-order valence-electron chi connectivity index (χ1n) is 9.84. The number of nitrogens with zero attached hydrogens (tertiary/aromatic N) is 4. The first-order chi connectivity index (χ1) is 13.8. The van der Waals surface area contributed by atoms with Gasteiger partial charge in [-0.25, -0.2) is 0 Å². The Morgan fingerprint density at radius 1 is 1.14 bits per heavy atom. The van der Waals surface area contributed by atoms with E-state index < -0.39 is 0 Å². The summed E-state index contributed by atoms with van der Waals surface area (Å²) in [4.78, 5) is 9.00. The van der Waals surface area contributed by atoms with Crippen LogP contribution in [0.3, 0.4) is 0 Å². The van der Waals surface area contributed by atoms with Crippen LogP contribution in [0, 0.1) is 11.3 Å². The lowest BCUT2D eigenvalue weighted by molar-refractivity contribution is 0.432. The first-order valence-corrected chi connectivity index (χ1v) is 9.84.